The second-order valence-corrected chi connectivity index (χ2v) is 3.73. The van der Waals surface area contributed by atoms with Crippen molar-refractivity contribution < 1.29 is 9.84 Å². The molecular formula is C12H19NO2. The molecule has 0 fully saturated rings. The van der Waals surface area contributed by atoms with Crippen LogP contribution in [0.3, 0.4) is 0 Å². The molecule has 3 nitrogen and oxygen atoms in total. The van der Waals surface area contributed by atoms with E-state index in [9.17, 15) is 0 Å². The first kappa shape index (κ1) is 12.2. The van der Waals surface area contributed by atoms with Crippen molar-refractivity contribution in [3.63, 3.8) is 0 Å². The second kappa shape index (κ2) is 6.56. The number of hydrogen-bond donors (Lipinski definition) is 2. The van der Waals surface area contributed by atoms with Gasteiger partial charge < -0.3 is 15.2 Å². The highest BCUT2D eigenvalue weighted by Crippen LogP contribution is 2.05. The van der Waals surface area contributed by atoms with E-state index < -0.39 is 0 Å². The first-order valence-corrected chi connectivity index (χ1v) is 5.18. The van der Waals surface area contributed by atoms with E-state index in [1.54, 1.807) is 14.0 Å². The summed E-state index contributed by atoms with van der Waals surface area (Å²) in [7, 11) is 1.69. The predicted molar refractivity (Wildman–Crippen MR) is 60.5 cm³/mol. The van der Waals surface area contributed by atoms with Gasteiger partial charge >= 0.3 is 0 Å². The quantitative estimate of drug-likeness (QED) is 0.742. The van der Waals surface area contributed by atoms with Crippen LogP contribution in [0.4, 0.5) is 0 Å². The lowest BCUT2D eigenvalue weighted by Crippen LogP contribution is -2.23. The highest BCUT2D eigenvalue weighted by molar-refractivity contribution is 5.21. The van der Waals surface area contributed by atoms with Gasteiger partial charge in [-0.2, -0.15) is 0 Å². The normalized spacial score (nSPS) is 12.7. The van der Waals surface area contributed by atoms with Gasteiger partial charge in [0.25, 0.3) is 0 Å². The molecule has 0 saturated carbocycles. The van der Waals surface area contributed by atoms with Crippen LogP contribution < -0.4 is 5.32 Å². The van der Waals surface area contributed by atoms with Crippen LogP contribution in [0.1, 0.15) is 18.1 Å². The lowest BCUT2D eigenvalue weighted by Gasteiger charge is -2.07. The topological polar surface area (TPSA) is 41.5 Å². The molecule has 15 heavy (non-hydrogen) atoms. The molecule has 0 unspecified atom stereocenters. The number of aliphatic hydroxyl groups excluding tert-OH is 1. The van der Waals surface area contributed by atoms with E-state index in [4.69, 9.17) is 9.84 Å². The Labute approximate surface area is 91.1 Å². The molecule has 0 aliphatic rings. The number of methoxy groups -OCH3 is 1. The van der Waals surface area contributed by atoms with E-state index in [0.717, 1.165) is 6.54 Å². The predicted octanol–water partition coefficient (Wildman–Crippen LogP) is 1.30. The maximum absolute atomic E-state index is 9.07. The molecule has 0 heterocycles. The first-order valence-electron chi connectivity index (χ1n) is 5.18. The van der Waals surface area contributed by atoms with Crippen LogP contribution in [-0.4, -0.2) is 24.9 Å². The lowest BCUT2D eigenvalue weighted by molar-refractivity contribution is 0.185. The Morgan fingerprint density at radius 3 is 2.40 bits per heavy atom. The second-order valence-electron chi connectivity index (χ2n) is 3.73. The Morgan fingerprint density at radius 2 is 1.87 bits per heavy atom. The number of benzene rings is 1. The summed E-state index contributed by atoms with van der Waals surface area (Å²) in [5.74, 6) is 0. The first-order chi connectivity index (χ1) is 7.22. The molecule has 0 aliphatic carbocycles. The van der Waals surface area contributed by atoms with Crippen LogP contribution >= 0.6 is 0 Å². The van der Waals surface area contributed by atoms with E-state index in [1.165, 1.54) is 11.1 Å². The highest BCUT2D eigenvalue weighted by Gasteiger charge is 1.96. The smallest absolute Gasteiger partial charge is 0.0713 e. The van der Waals surface area contributed by atoms with Crippen LogP contribution in [0.25, 0.3) is 0 Å². The largest absolute Gasteiger partial charge is 0.392 e. The van der Waals surface area contributed by atoms with Crippen molar-refractivity contribution in [3.05, 3.63) is 35.4 Å². The van der Waals surface area contributed by atoms with Crippen molar-refractivity contribution in [1.82, 2.24) is 5.32 Å². The SMILES string of the molecule is COCc1ccc(CNC[C@@H](C)O)cc1. The van der Waals surface area contributed by atoms with Crippen molar-refractivity contribution in [2.75, 3.05) is 13.7 Å². The molecule has 2 N–H and O–H groups in total. The number of rotatable bonds is 6. The van der Waals surface area contributed by atoms with Crippen LogP contribution in [0.5, 0.6) is 0 Å². The average Bonchev–Trinajstić information content (AvgIpc) is 2.20. The van der Waals surface area contributed by atoms with Crippen molar-refractivity contribution in [2.45, 2.75) is 26.2 Å². The number of nitrogens with one attached hydrogen (secondary N) is 1. The third-order valence-electron chi connectivity index (χ3n) is 2.10. The van der Waals surface area contributed by atoms with Crippen molar-refractivity contribution >= 4 is 0 Å². The standard InChI is InChI=1S/C12H19NO2/c1-10(14)7-13-8-11-3-5-12(6-4-11)9-15-2/h3-6,10,13-14H,7-9H2,1-2H3/t10-/m1/s1. The molecule has 1 aromatic rings. The van der Waals surface area contributed by atoms with Crippen molar-refractivity contribution in [1.29, 1.82) is 0 Å². The molecule has 0 aliphatic heterocycles. The number of aliphatic hydroxyl groups is 1. The summed E-state index contributed by atoms with van der Waals surface area (Å²) in [6, 6.07) is 8.26. The summed E-state index contributed by atoms with van der Waals surface area (Å²) < 4.78 is 5.03. The maximum atomic E-state index is 9.07. The summed E-state index contributed by atoms with van der Waals surface area (Å²) in [4.78, 5) is 0. The summed E-state index contributed by atoms with van der Waals surface area (Å²) in [5, 5.41) is 12.2. The fraction of sp³-hybridized carbons (Fsp3) is 0.500. The molecule has 0 amide bonds. The van der Waals surface area contributed by atoms with Gasteiger partial charge in [0, 0.05) is 20.2 Å². The van der Waals surface area contributed by atoms with E-state index in [0.29, 0.717) is 13.2 Å². The highest BCUT2D eigenvalue weighted by atomic mass is 16.5. The third kappa shape index (κ3) is 4.93. The molecule has 3 heteroatoms. The Kier molecular flexibility index (Phi) is 5.32. The fourth-order valence-corrected chi connectivity index (χ4v) is 1.35. The van der Waals surface area contributed by atoms with Gasteiger partial charge in [0.15, 0.2) is 0 Å². The monoisotopic (exact) mass is 209 g/mol. The number of ether oxygens (including phenoxy) is 1. The average molecular weight is 209 g/mol. The molecule has 1 aromatic carbocycles. The molecule has 0 radical (unpaired) electrons. The van der Waals surface area contributed by atoms with Crippen molar-refractivity contribution in [3.8, 4) is 0 Å². The Morgan fingerprint density at radius 1 is 1.27 bits per heavy atom. The number of hydrogen-bond acceptors (Lipinski definition) is 3. The zero-order valence-corrected chi connectivity index (χ0v) is 9.36. The van der Waals surface area contributed by atoms with Crippen molar-refractivity contribution in [2.24, 2.45) is 0 Å². The van der Waals surface area contributed by atoms with Gasteiger partial charge in [0.2, 0.25) is 0 Å². The van der Waals surface area contributed by atoms with E-state index in [2.05, 4.69) is 29.6 Å². The van der Waals surface area contributed by atoms with Crippen LogP contribution in [-0.2, 0) is 17.9 Å². The van der Waals surface area contributed by atoms with Gasteiger partial charge in [0.05, 0.1) is 12.7 Å². The van der Waals surface area contributed by atoms with Crippen LogP contribution in [0.15, 0.2) is 24.3 Å². The molecule has 0 saturated heterocycles. The Hall–Kier alpha value is -0.900. The maximum Gasteiger partial charge on any atom is 0.0713 e. The Bertz CT molecular complexity index is 269. The van der Waals surface area contributed by atoms with Gasteiger partial charge in [-0.3, -0.25) is 0 Å². The van der Waals surface area contributed by atoms with Gasteiger partial charge in [-0.15, -0.1) is 0 Å². The van der Waals surface area contributed by atoms with E-state index >= 15 is 0 Å². The summed E-state index contributed by atoms with van der Waals surface area (Å²) in [6.45, 7) is 3.84. The van der Waals surface area contributed by atoms with Crippen LogP contribution in [0.2, 0.25) is 0 Å². The molecular weight excluding hydrogens is 190 g/mol. The van der Waals surface area contributed by atoms with Gasteiger partial charge in [0.1, 0.15) is 0 Å². The fourth-order valence-electron chi connectivity index (χ4n) is 1.35. The minimum Gasteiger partial charge on any atom is -0.392 e. The molecule has 0 spiro atoms. The minimum absolute atomic E-state index is 0.294. The zero-order chi connectivity index (χ0) is 11.1. The third-order valence-corrected chi connectivity index (χ3v) is 2.10. The summed E-state index contributed by atoms with van der Waals surface area (Å²) in [5.41, 5.74) is 2.40. The van der Waals surface area contributed by atoms with Gasteiger partial charge in [-0.1, -0.05) is 24.3 Å². The molecule has 1 atom stereocenters. The molecule has 0 bridgehead atoms. The van der Waals surface area contributed by atoms with E-state index in [-0.39, 0.29) is 6.10 Å². The minimum atomic E-state index is -0.294. The summed E-state index contributed by atoms with van der Waals surface area (Å²) >= 11 is 0. The van der Waals surface area contributed by atoms with Gasteiger partial charge in [-0.25, -0.2) is 0 Å². The molecule has 1 rings (SSSR count). The van der Waals surface area contributed by atoms with Gasteiger partial charge in [-0.05, 0) is 18.1 Å². The lowest BCUT2D eigenvalue weighted by atomic mass is 10.1. The molecule has 84 valence electrons. The summed E-state index contributed by atoms with van der Waals surface area (Å²) in [6.07, 6.45) is -0.294. The Balaban J connectivity index is 2.36. The molecule has 0 aromatic heterocycles. The van der Waals surface area contributed by atoms with Crippen LogP contribution in [0, 0.1) is 0 Å². The van der Waals surface area contributed by atoms with E-state index in [1.807, 2.05) is 0 Å². The zero-order valence-electron chi connectivity index (χ0n) is 9.36.